The molecule has 0 aliphatic carbocycles. The summed E-state index contributed by atoms with van der Waals surface area (Å²) in [4.78, 5) is 2.44. The van der Waals surface area contributed by atoms with E-state index in [0.29, 0.717) is 29.0 Å². The molecule has 160 valence electrons. The third kappa shape index (κ3) is 7.71. The molecule has 0 atom stereocenters. The van der Waals surface area contributed by atoms with Crippen LogP contribution in [0.15, 0.2) is 36.4 Å². The fraction of sp³-hybridized carbons (Fsp3) is 0.478. The van der Waals surface area contributed by atoms with Crippen molar-refractivity contribution >= 4 is 23.2 Å². The summed E-state index contributed by atoms with van der Waals surface area (Å²) in [6.45, 7) is 12.4. The molecule has 0 radical (unpaired) electrons. The van der Waals surface area contributed by atoms with Gasteiger partial charge >= 0.3 is 0 Å². The maximum atomic E-state index is 6.24. The fourth-order valence-electron chi connectivity index (χ4n) is 3.07. The molecule has 2 rings (SSSR count). The normalized spacial score (nSPS) is 11.1. The van der Waals surface area contributed by atoms with E-state index in [2.05, 4.69) is 30.1 Å². The van der Waals surface area contributed by atoms with Crippen molar-refractivity contribution < 1.29 is 9.47 Å². The first kappa shape index (κ1) is 23.8. The van der Waals surface area contributed by atoms with Crippen LogP contribution >= 0.6 is 23.2 Å². The van der Waals surface area contributed by atoms with Gasteiger partial charge < -0.3 is 19.7 Å². The van der Waals surface area contributed by atoms with Crippen molar-refractivity contribution in [2.24, 2.45) is 0 Å². The lowest BCUT2D eigenvalue weighted by Crippen LogP contribution is -2.27. The highest BCUT2D eigenvalue weighted by Crippen LogP contribution is 2.31. The van der Waals surface area contributed by atoms with Crippen molar-refractivity contribution in [2.75, 3.05) is 32.8 Å². The highest BCUT2D eigenvalue weighted by atomic mass is 35.5. The van der Waals surface area contributed by atoms with Gasteiger partial charge in [-0.1, -0.05) is 49.2 Å². The minimum Gasteiger partial charge on any atom is -0.490 e. The first-order valence-corrected chi connectivity index (χ1v) is 11.1. The Balaban J connectivity index is 1.92. The van der Waals surface area contributed by atoms with Crippen LogP contribution in [-0.2, 0) is 13.2 Å². The van der Waals surface area contributed by atoms with Gasteiger partial charge in [-0.2, -0.15) is 0 Å². The molecule has 0 bridgehead atoms. The van der Waals surface area contributed by atoms with Gasteiger partial charge in [0.2, 0.25) is 0 Å². The van der Waals surface area contributed by atoms with Crippen molar-refractivity contribution in [3.05, 3.63) is 57.6 Å². The quantitative estimate of drug-likeness (QED) is 0.401. The Bertz CT molecular complexity index is 731. The number of ether oxygens (including phenoxy) is 2. The van der Waals surface area contributed by atoms with Gasteiger partial charge in [-0.25, -0.2) is 0 Å². The maximum Gasteiger partial charge on any atom is 0.161 e. The number of rotatable bonds is 13. The SMILES string of the molecule is CCOc1cc(CNCCCN(CC)CC)ccc1OCc1c(Cl)cccc1Cl. The van der Waals surface area contributed by atoms with Crippen LogP contribution in [0.25, 0.3) is 0 Å². The minimum atomic E-state index is 0.293. The third-order valence-electron chi connectivity index (χ3n) is 4.79. The highest BCUT2D eigenvalue weighted by molar-refractivity contribution is 6.35. The Kier molecular flexibility index (Phi) is 10.6. The second kappa shape index (κ2) is 13.0. The van der Waals surface area contributed by atoms with Gasteiger partial charge in [0.1, 0.15) is 6.61 Å². The zero-order valence-corrected chi connectivity index (χ0v) is 19.2. The molecule has 0 saturated heterocycles. The van der Waals surface area contributed by atoms with Gasteiger partial charge in [-0.15, -0.1) is 0 Å². The highest BCUT2D eigenvalue weighted by Gasteiger charge is 2.10. The first-order valence-electron chi connectivity index (χ1n) is 10.3. The van der Waals surface area contributed by atoms with Gasteiger partial charge in [0.15, 0.2) is 11.5 Å². The molecule has 6 heteroatoms. The van der Waals surface area contributed by atoms with Crippen LogP contribution in [0, 0.1) is 0 Å². The summed E-state index contributed by atoms with van der Waals surface area (Å²) in [5.74, 6) is 1.42. The van der Waals surface area contributed by atoms with Crippen molar-refractivity contribution in [3.8, 4) is 11.5 Å². The average molecular weight is 439 g/mol. The van der Waals surface area contributed by atoms with E-state index < -0.39 is 0 Å². The molecule has 0 fully saturated rings. The fourth-order valence-corrected chi connectivity index (χ4v) is 3.58. The van der Waals surface area contributed by atoms with Crippen LogP contribution in [0.1, 0.15) is 38.3 Å². The lowest BCUT2D eigenvalue weighted by Gasteiger charge is -2.18. The van der Waals surface area contributed by atoms with E-state index in [1.807, 2.05) is 37.3 Å². The largest absolute Gasteiger partial charge is 0.490 e. The minimum absolute atomic E-state index is 0.293. The van der Waals surface area contributed by atoms with Gasteiger partial charge in [-0.05, 0) is 69.4 Å². The van der Waals surface area contributed by atoms with Crippen LogP contribution in [0.2, 0.25) is 10.0 Å². The molecule has 0 spiro atoms. The summed E-state index contributed by atoms with van der Waals surface area (Å²) in [5, 5.41) is 4.71. The van der Waals surface area contributed by atoms with Gasteiger partial charge in [-0.3, -0.25) is 0 Å². The van der Waals surface area contributed by atoms with Gasteiger partial charge in [0.05, 0.1) is 6.61 Å². The summed E-state index contributed by atoms with van der Waals surface area (Å²) in [6, 6.07) is 11.5. The van der Waals surface area contributed by atoms with Gasteiger partial charge in [0, 0.05) is 22.2 Å². The van der Waals surface area contributed by atoms with E-state index in [-0.39, 0.29) is 0 Å². The Morgan fingerprint density at radius 1 is 0.931 bits per heavy atom. The van der Waals surface area contributed by atoms with Crippen molar-refractivity contribution in [1.29, 1.82) is 0 Å². The Labute approximate surface area is 185 Å². The van der Waals surface area contributed by atoms with E-state index in [0.717, 1.165) is 50.5 Å². The van der Waals surface area contributed by atoms with E-state index >= 15 is 0 Å². The number of nitrogens with one attached hydrogen (secondary N) is 1. The molecular weight excluding hydrogens is 407 g/mol. The molecule has 4 nitrogen and oxygen atoms in total. The number of halogens is 2. The van der Waals surface area contributed by atoms with Crippen LogP contribution in [0.3, 0.4) is 0 Å². The topological polar surface area (TPSA) is 33.7 Å². The van der Waals surface area contributed by atoms with Crippen LogP contribution in [0.4, 0.5) is 0 Å². The maximum absolute atomic E-state index is 6.24. The van der Waals surface area contributed by atoms with Crippen molar-refractivity contribution in [3.63, 3.8) is 0 Å². The Hall–Kier alpha value is -1.46. The average Bonchev–Trinajstić information content (AvgIpc) is 2.72. The summed E-state index contributed by atoms with van der Waals surface area (Å²) >= 11 is 12.5. The number of nitrogens with zero attached hydrogens (tertiary/aromatic N) is 1. The van der Waals surface area contributed by atoms with Crippen LogP contribution < -0.4 is 14.8 Å². The third-order valence-corrected chi connectivity index (χ3v) is 5.50. The number of hydrogen-bond acceptors (Lipinski definition) is 4. The molecule has 2 aromatic carbocycles. The van der Waals surface area contributed by atoms with Crippen LogP contribution in [0.5, 0.6) is 11.5 Å². The summed E-state index contributed by atoms with van der Waals surface area (Å²) in [7, 11) is 0. The molecule has 0 aliphatic rings. The van der Waals surface area contributed by atoms with Crippen molar-refractivity contribution in [2.45, 2.75) is 40.3 Å². The predicted molar refractivity (Wildman–Crippen MR) is 123 cm³/mol. The molecule has 0 amide bonds. The lowest BCUT2D eigenvalue weighted by atomic mass is 10.2. The number of benzene rings is 2. The molecule has 29 heavy (non-hydrogen) atoms. The summed E-state index contributed by atoms with van der Waals surface area (Å²) < 4.78 is 11.8. The molecular formula is C23H32Cl2N2O2. The summed E-state index contributed by atoms with van der Waals surface area (Å²) in [6.07, 6.45) is 1.14. The molecule has 0 aromatic heterocycles. The first-order chi connectivity index (χ1) is 14.1. The van der Waals surface area contributed by atoms with E-state index in [1.165, 1.54) is 5.56 Å². The molecule has 0 saturated carbocycles. The zero-order chi connectivity index (χ0) is 21.1. The monoisotopic (exact) mass is 438 g/mol. The van der Waals surface area contributed by atoms with Crippen molar-refractivity contribution in [1.82, 2.24) is 10.2 Å². The van der Waals surface area contributed by atoms with Crippen LogP contribution in [-0.4, -0.2) is 37.7 Å². The zero-order valence-electron chi connectivity index (χ0n) is 17.6. The standard InChI is InChI=1S/C23H32Cl2N2O2/c1-4-27(5-2)14-8-13-26-16-18-11-12-22(23(15-18)28-6-3)29-17-19-20(24)9-7-10-21(19)25/h7,9-12,15,26H,4-6,8,13-14,16-17H2,1-3H3. The molecule has 0 heterocycles. The predicted octanol–water partition coefficient (Wildman–Crippen LogP) is 5.79. The second-order valence-electron chi connectivity index (χ2n) is 6.76. The molecule has 2 aromatic rings. The smallest absolute Gasteiger partial charge is 0.161 e. The van der Waals surface area contributed by atoms with E-state index in [4.69, 9.17) is 32.7 Å². The molecule has 0 unspecified atom stereocenters. The summed E-state index contributed by atoms with van der Waals surface area (Å²) in [5.41, 5.74) is 1.94. The molecule has 1 N–H and O–H groups in total. The van der Waals surface area contributed by atoms with E-state index in [1.54, 1.807) is 0 Å². The molecule has 0 aliphatic heterocycles. The Morgan fingerprint density at radius 3 is 2.31 bits per heavy atom. The Morgan fingerprint density at radius 2 is 1.66 bits per heavy atom. The van der Waals surface area contributed by atoms with E-state index in [9.17, 15) is 0 Å². The van der Waals surface area contributed by atoms with Gasteiger partial charge in [0.25, 0.3) is 0 Å². The number of hydrogen-bond donors (Lipinski definition) is 1. The second-order valence-corrected chi connectivity index (χ2v) is 7.57. The lowest BCUT2D eigenvalue weighted by molar-refractivity contribution is 0.269.